The van der Waals surface area contributed by atoms with Crippen molar-refractivity contribution in [2.75, 3.05) is 24.8 Å². The minimum Gasteiger partial charge on any atom is -0.469 e. The fourth-order valence-corrected chi connectivity index (χ4v) is 2.90. The third-order valence-corrected chi connectivity index (χ3v) is 3.86. The monoisotopic (exact) mass is 332 g/mol. The molecule has 3 N–H and O–H groups in total. The lowest BCUT2D eigenvalue weighted by Gasteiger charge is -2.40. The zero-order chi connectivity index (χ0) is 17.2. The Balaban J connectivity index is 2.50. The standard InChI is InChI=1S/C15H19F3N2O3/c1-3-23-14-10(7-12(21)22-2)13(15(16,17)18)9-5-4-8(19)6-11(9)20-14/h4-6,10,13-14,20H,3,7,19H2,1-2H3. The number of carbonyl (C=O) groups is 1. The molecule has 1 heterocycles. The highest BCUT2D eigenvalue weighted by atomic mass is 19.4. The van der Waals surface area contributed by atoms with E-state index in [1.54, 1.807) is 6.92 Å². The van der Waals surface area contributed by atoms with Crippen LogP contribution in [0.5, 0.6) is 0 Å². The summed E-state index contributed by atoms with van der Waals surface area (Å²) < 4.78 is 51.0. The highest BCUT2D eigenvalue weighted by Crippen LogP contribution is 2.49. The number of carbonyl (C=O) groups excluding carboxylic acids is 1. The summed E-state index contributed by atoms with van der Waals surface area (Å²) in [7, 11) is 1.14. The van der Waals surface area contributed by atoms with Crippen molar-refractivity contribution in [1.29, 1.82) is 0 Å². The molecule has 0 saturated carbocycles. The topological polar surface area (TPSA) is 73.6 Å². The summed E-state index contributed by atoms with van der Waals surface area (Å²) in [6, 6.07) is 4.19. The first-order valence-corrected chi connectivity index (χ1v) is 7.19. The van der Waals surface area contributed by atoms with E-state index in [1.807, 2.05) is 0 Å². The summed E-state index contributed by atoms with van der Waals surface area (Å²) in [6.07, 6.45) is -5.89. The molecular weight excluding hydrogens is 313 g/mol. The number of esters is 1. The number of rotatable bonds is 4. The van der Waals surface area contributed by atoms with E-state index < -0.39 is 36.6 Å². The number of alkyl halides is 3. The van der Waals surface area contributed by atoms with E-state index in [9.17, 15) is 18.0 Å². The van der Waals surface area contributed by atoms with Gasteiger partial charge in [0.25, 0.3) is 0 Å². The number of nitrogens with two attached hydrogens (primary N) is 1. The average molecular weight is 332 g/mol. The quantitative estimate of drug-likeness (QED) is 0.655. The molecule has 0 saturated heterocycles. The van der Waals surface area contributed by atoms with Crippen LogP contribution in [0.4, 0.5) is 24.5 Å². The molecular formula is C15H19F3N2O3. The number of fused-ring (bicyclic) bond motifs is 1. The molecule has 0 bridgehead atoms. The second-order valence-electron chi connectivity index (χ2n) is 5.33. The van der Waals surface area contributed by atoms with E-state index in [0.29, 0.717) is 5.69 Å². The molecule has 23 heavy (non-hydrogen) atoms. The van der Waals surface area contributed by atoms with Gasteiger partial charge in [0.05, 0.1) is 19.4 Å². The summed E-state index contributed by atoms with van der Waals surface area (Å²) in [5.74, 6) is -3.68. The summed E-state index contributed by atoms with van der Waals surface area (Å²) in [5, 5.41) is 2.91. The Morgan fingerprint density at radius 3 is 2.65 bits per heavy atom. The van der Waals surface area contributed by atoms with Crippen LogP contribution in [0.25, 0.3) is 0 Å². The normalized spacial score (nSPS) is 23.8. The van der Waals surface area contributed by atoms with Crippen LogP contribution in [-0.2, 0) is 14.3 Å². The second kappa shape index (κ2) is 6.66. The van der Waals surface area contributed by atoms with Gasteiger partial charge in [0, 0.05) is 23.9 Å². The van der Waals surface area contributed by atoms with E-state index in [1.165, 1.54) is 18.2 Å². The van der Waals surface area contributed by atoms with Crippen LogP contribution < -0.4 is 11.1 Å². The van der Waals surface area contributed by atoms with E-state index in [2.05, 4.69) is 10.1 Å². The zero-order valence-electron chi connectivity index (χ0n) is 12.8. The molecule has 3 atom stereocenters. The number of methoxy groups -OCH3 is 1. The van der Waals surface area contributed by atoms with E-state index in [4.69, 9.17) is 10.5 Å². The van der Waals surface area contributed by atoms with Gasteiger partial charge < -0.3 is 20.5 Å². The molecule has 1 aromatic carbocycles. The van der Waals surface area contributed by atoms with Crippen molar-refractivity contribution in [2.24, 2.45) is 5.92 Å². The van der Waals surface area contributed by atoms with Crippen molar-refractivity contribution in [2.45, 2.75) is 31.7 Å². The van der Waals surface area contributed by atoms with Crippen molar-refractivity contribution in [3.05, 3.63) is 23.8 Å². The van der Waals surface area contributed by atoms with E-state index in [-0.39, 0.29) is 17.9 Å². The van der Waals surface area contributed by atoms with Gasteiger partial charge in [-0.15, -0.1) is 0 Å². The minimum absolute atomic E-state index is 0.0524. The zero-order valence-corrected chi connectivity index (χ0v) is 12.8. The summed E-state index contributed by atoms with van der Waals surface area (Å²) in [6.45, 7) is 1.88. The predicted octanol–water partition coefficient (Wildman–Crippen LogP) is 2.88. The Labute approximate surface area is 131 Å². The van der Waals surface area contributed by atoms with Gasteiger partial charge in [-0.1, -0.05) is 6.07 Å². The van der Waals surface area contributed by atoms with E-state index >= 15 is 0 Å². The van der Waals surface area contributed by atoms with Crippen LogP contribution in [-0.4, -0.2) is 32.1 Å². The van der Waals surface area contributed by atoms with Crippen LogP contribution in [0, 0.1) is 5.92 Å². The maximum Gasteiger partial charge on any atom is 0.396 e. The number of nitrogens with one attached hydrogen (secondary N) is 1. The Morgan fingerprint density at radius 2 is 2.09 bits per heavy atom. The van der Waals surface area contributed by atoms with Crippen molar-refractivity contribution < 1.29 is 27.4 Å². The molecule has 0 aromatic heterocycles. The molecule has 1 aliphatic heterocycles. The number of nitrogen functional groups attached to an aromatic ring is 1. The van der Waals surface area contributed by atoms with Gasteiger partial charge in [0.15, 0.2) is 0 Å². The third-order valence-electron chi connectivity index (χ3n) is 3.86. The van der Waals surface area contributed by atoms with Gasteiger partial charge in [0.1, 0.15) is 6.23 Å². The van der Waals surface area contributed by atoms with Gasteiger partial charge in [-0.25, -0.2) is 0 Å². The molecule has 0 amide bonds. The number of benzene rings is 1. The lowest BCUT2D eigenvalue weighted by molar-refractivity contribution is -0.178. The molecule has 5 nitrogen and oxygen atoms in total. The third kappa shape index (κ3) is 3.69. The molecule has 0 aliphatic carbocycles. The lowest BCUT2D eigenvalue weighted by atomic mass is 9.78. The largest absolute Gasteiger partial charge is 0.469 e. The predicted molar refractivity (Wildman–Crippen MR) is 78.8 cm³/mol. The fraction of sp³-hybridized carbons (Fsp3) is 0.533. The van der Waals surface area contributed by atoms with Crippen LogP contribution in [0.3, 0.4) is 0 Å². The molecule has 2 rings (SSSR count). The Morgan fingerprint density at radius 1 is 1.39 bits per heavy atom. The van der Waals surface area contributed by atoms with Crippen LogP contribution in [0.2, 0.25) is 0 Å². The summed E-state index contributed by atoms with van der Waals surface area (Å²) in [5.41, 5.74) is 6.33. The van der Waals surface area contributed by atoms with Crippen LogP contribution in [0.15, 0.2) is 18.2 Å². The first-order chi connectivity index (χ1) is 10.8. The molecule has 128 valence electrons. The number of ether oxygens (including phenoxy) is 2. The Kier molecular flexibility index (Phi) is 5.03. The number of hydrogen-bond acceptors (Lipinski definition) is 5. The SMILES string of the molecule is CCOC1Nc2cc(N)ccc2C(C(F)(F)F)C1CC(=O)OC. The Bertz CT molecular complexity index is 578. The van der Waals surface area contributed by atoms with E-state index in [0.717, 1.165) is 7.11 Å². The highest BCUT2D eigenvalue weighted by Gasteiger charge is 2.52. The van der Waals surface area contributed by atoms with Crippen molar-refractivity contribution >= 4 is 17.3 Å². The van der Waals surface area contributed by atoms with Crippen molar-refractivity contribution in [1.82, 2.24) is 0 Å². The van der Waals surface area contributed by atoms with Crippen LogP contribution >= 0.6 is 0 Å². The van der Waals surface area contributed by atoms with Gasteiger partial charge in [-0.05, 0) is 24.6 Å². The maximum absolute atomic E-state index is 13.7. The number of halogens is 3. The molecule has 1 aromatic rings. The molecule has 3 unspecified atom stereocenters. The van der Waals surface area contributed by atoms with Gasteiger partial charge in [0.2, 0.25) is 0 Å². The summed E-state index contributed by atoms with van der Waals surface area (Å²) in [4.78, 5) is 11.6. The smallest absolute Gasteiger partial charge is 0.396 e. The molecule has 0 fully saturated rings. The Hall–Kier alpha value is -1.96. The molecule has 0 spiro atoms. The van der Waals surface area contributed by atoms with Crippen LogP contribution in [0.1, 0.15) is 24.8 Å². The van der Waals surface area contributed by atoms with Gasteiger partial charge in [-0.2, -0.15) is 13.2 Å². The highest BCUT2D eigenvalue weighted by molar-refractivity contribution is 5.71. The van der Waals surface area contributed by atoms with Gasteiger partial charge in [-0.3, -0.25) is 4.79 Å². The minimum atomic E-state index is -4.53. The van der Waals surface area contributed by atoms with Crippen molar-refractivity contribution in [3.8, 4) is 0 Å². The van der Waals surface area contributed by atoms with Crippen molar-refractivity contribution in [3.63, 3.8) is 0 Å². The molecule has 0 radical (unpaired) electrons. The lowest BCUT2D eigenvalue weighted by Crippen LogP contribution is -2.45. The van der Waals surface area contributed by atoms with Gasteiger partial charge >= 0.3 is 12.1 Å². The fourth-order valence-electron chi connectivity index (χ4n) is 2.90. The average Bonchev–Trinajstić information content (AvgIpc) is 2.46. The second-order valence-corrected chi connectivity index (χ2v) is 5.33. The first kappa shape index (κ1) is 17.4. The number of anilines is 2. The maximum atomic E-state index is 13.7. The summed E-state index contributed by atoms with van der Waals surface area (Å²) >= 11 is 0. The first-order valence-electron chi connectivity index (χ1n) is 7.19. The number of hydrogen-bond donors (Lipinski definition) is 2. The molecule has 1 aliphatic rings. The molecule has 8 heteroatoms.